The Hall–Kier alpha value is -3.49. The minimum absolute atomic E-state index is 0.266. The number of aromatic nitrogens is 4. The normalized spacial score (nSPS) is 11.7. The summed E-state index contributed by atoms with van der Waals surface area (Å²) < 4.78 is 25.6. The van der Waals surface area contributed by atoms with E-state index in [0.29, 0.717) is 17.1 Å². The predicted molar refractivity (Wildman–Crippen MR) is 126 cm³/mol. The van der Waals surface area contributed by atoms with Crippen molar-refractivity contribution >= 4 is 32.9 Å². The lowest BCUT2D eigenvalue weighted by atomic mass is 10.2. The number of hydrogen-bond acceptors (Lipinski definition) is 6. The highest BCUT2D eigenvalue weighted by molar-refractivity contribution is 7.99. The van der Waals surface area contributed by atoms with Gasteiger partial charge in [0.2, 0.25) is 0 Å². The van der Waals surface area contributed by atoms with Crippen LogP contribution in [-0.2, 0) is 9.84 Å². The molecule has 0 aliphatic carbocycles. The van der Waals surface area contributed by atoms with E-state index >= 15 is 0 Å². The number of hydrogen-bond donors (Lipinski definition) is 0. The molecule has 0 unspecified atom stereocenters. The summed E-state index contributed by atoms with van der Waals surface area (Å²) in [7, 11) is -3.27. The van der Waals surface area contributed by atoms with Crippen molar-refractivity contribution in [3.8, 4) is 17.1 Å². The minimum atomic E-state index is -3.27. The molecule has 8 heteroatoms. The van der Waals surface area contributed by atoms with Gasteiger partial charge in [0.15, 0.2) is 21.1 Å². The Balaban J connectivity index is 1.58. The SMILES string of the molecule is CS(=O)(=O)c1ccc(-c2nc3nccnc3n2-c2ccc(Sc3ccccc3)cc2)cc1. The maximum Gasteiger partial charge on any atom is 0.198 e. The summed E-state index contributed by atoms with van der Waals surface area (Å²) in [4.78, 5) is 16.1. The van der Waals surface area contributed by atoms with Gasteiger partial charge >= 0.3 is 0 Å². The van der Waals surface area contributed by atoms with Crippen molar-refractivity contribution in [2.24, 2.45) is 0 Å². The monoisotopic (exact) mass is 458 g/mol. The summed E-state index contributed by atoms with van der Waals surface area (Å²) in [5.74, 6) is 0.648. The molecule has 0 fully saturated rings. The van der Waals surface area contributed by atoms with Crippen molar-refractivity contribution in [2.75, 3.05) is 6.26 Å². The Morgan fingerprint density at radius 2 is 1.44 bits per heavy atom. The van der Waals surface area contributed by atoms with Gasteiger partial charge in [-0.1, -0.05) is 30.0 Å². The summed E-state index contributed by atoms with van der Waals surface area (Å²) in [6, 6.07) is 25.1. The molecule has 158 valence electrons. The molecule has 0 bridgehead atoms. The van der Waals surface area contributed by atoms with Crippen LogP contribution < -0.4 is 0 Å². The number of rotatable bonds is 5. The smallest absolute Gasteiger partial charge is 0.198 e. The van der Waals surface area contributed by atoms with Gasteiger partial charge in [0.25, 0.3) is 0 Å². The third-order valence-corrected chi connectivity index (χ3v) is 7.05. The fourth-order valence-electron chi connectivity index (χ4n) is 3.39. The van der Waals surface area contributed by atoms with Crippen LogP contribution in [0.5, 0.6) is 0 Å². The summed E-state index contributed by atoms with van der Waals surface area (Å²) in [5.41, 5.74) is 2.84. The van der Waals surface area contributed by atoms with E-state index in [-0.39, 0.29) is 4.90 Å². The van der Waals surface area contributed by atoms with Gasteiger partial charge in [-0.15, -0.1) is 0 Å². The Morgan fingerprint density at radius 3 is 2.12 bits per heavy atom. The van der Waals surface area contributed by atoms with Crippen LogP contribution in [0, 0.1) is 0 Å². The lowest BCUT2D eigenvalue weighted by Crippen LogP contribution is -2.00. The van der Waals surface area contributed by atoms with E-state index in [9.17, 15) is 8.42 Å². The molecule has 0 saturated heterocycles. The zero-order valence-corrected chi connectivity index (χ0v) is 18.7. The van der Waals surface area contributed by atoms with E-state index in [2.05, 4.69) is 39.2 Å². The highest BCUT2D eigenvalue weighted by Gasteiger charge is 2.17. The summed E-state index contributed by atoms with van der Waals surface area (Å²) in [5, 5.41) is 0. The molecule has 6 nitrogen and oxygen atoms in total. The maximum atomic E-state index is 11.8. The third kappa shape index (κ3) is 4.02. The zero-order valence-electron chi connectivity index (χ0n) is 17.1. The van der Waals surface area contributed by atoms with Crippen LogP contribution >= 0.6 is 11.8 Å². The van der Waals surface area contributed by atoms with Crippen molar-refractivity contribution in [3.63, 3.8) is 0 Å². The van der Waals surface area contributed by atoms with Crippen molar-refractivity contribution in [1.82, 2.24) is 19.5 Å². The second-order valence-electron chi connectivity index (χ2n) is 7.18. The molecule has 2 aromatic heterocycles. The average molecular weight is 459 g/mol. The third-order valence-electron chi connectivity index (χ3n) is 4.91. The standard InChI is InChI=1S/C24H18N4O2S2/c1-32(29,30)21-13-7-17(8-14-21)23-27-22-24(26-16-15-25-22)28(23)18-9-11-20(12-10-18)31-19-5-3-2-4-6-19/h2-16H,1H3. The van der Waals surface area contributed by atoms with Gasteiger partial charge in [-0.3, -0.25) is 4.57 Å². The van der Waals surface area contributed by atoms with Crippen molar-refractivity contribution in [2.45, 2.75) is 14.7 Å². The van der Waals surface area contributed by atoms with Gasteiger partial charge in [-0.25, -0.2) is 23.4 Å². The van der Waals surface area contributed by atoms with E-state index in [0.717, 1.165) is 16.1 Å². The van der Waals surface area contributed by atoms with E-state index in [4.69, 9.17) is 0 Å². The molecule has 0 N–H and O–H groups in total. The molecule has 0 aliphatic rings. The topological polar surface area (TPSA) is 77.7 Å². The van der Waals surface area contributed by atoms with Crippen LogP contribution in [0.4, 0.5) is 0 Å². The highest BCUT2D eigenvalue weighted by atomic mass is 32.2. The maximum absolute atomic E-state index is 11.8. The first-order valence-electron chi connectivity index (χ1n) is 9.82. The first-order chi connectivity index (χ1) is 15.5. The molecule has 5 rings (SSSR count). The Morgan fingerprint density at radius 1 is 0.781 bits per heavy atom. The molecule has 0 aliphatic heterocycles. The Kier molecular flexibility index (Phi) is 5.24. The quantitative estimate of drug-likeness (QED) is 0.367. The number of imidazole rings is 1. The van der Waals surface area contributed by atoms with E-state index in [1.807, 2.05) is 34.9 Å². The molecule has 0 atom stereocenters. The van der Waals surface area contributed by atoms with Crippen LogP contribution in [0.3, 0.4) is 0 Å². The van der Waals surface area contributed by atoms with Crippen LogP contribution in [0.1, 0.15) is 0 Å². The molecule has 0 saturated carbocycles. The lowest BCUT2D eigenvalue weighted by Gasteiger charge is -2.10. The fourth-order valence-corrected chi connectivity index (χ4v) is 4.86. The largest absolute Gasteiger partial charge is 0.275 e. The molecule has 0 amide bonds. The molecule has 0 spiro atoms. The van der Waals surface area contributed by atoms with E-state index < -0.39 is 9.84 Å². The van der Waals surface area contributed by atoms with Gasteiger partial charge in [-0.05, 0) is 60.7 Å². The second kappa shape index (κ2) is 8.22. The van der Waals surface area contributed by atoms with Crippen LogP contribution in [0.15, 0.2) is 106 Å². The summed E-state index contributed by atoms with van der Waals surface area (Å²) >= 11 is 1.69. The zero-order chi connectivity index (χ0) is 22.1. The van der Waals surface area contributed by atoms with Crippen molar-refractivity contribution in [3.05, 3.63) is 91.3 Å². The molecular formula is C24H18N4O2S2. The van der Waals surface area contributed by atoms with Gasteiger partial charge in [0.05, 0.1) is 4.90 Å². The summed E-state index contributed by atoms with van der Waals surface area (Å²) in [6.07, 6.45) is 4.44. The Bertz CT molecular complexity index is 1500. The number of sulfone groups is 1. The van der Waals surface area contributed by atoms with Crippen LogP contribution in [-0.4, -0.2) is 34.2 Å². The van der Waals surface area contributed by atoms with Gasteiger partial charge in [-0.2, -0.15) is 0 Å². The number of fused-ring (bicyclic) bond motifs is 1. The van der Waals surface area contributed by atoms with Gasteiger partial charge in [0.1, 0.15) is 5.82 Å². The fraction of sp³-hybridized carbons (Fsp3) is 0.0417. The Labute approximate surface area is 189 Å². The summed E-state index contributed by atoms with van der Waals surface area (Å²) in [6.45, 7) is 0. The van der Waals surface area contributed by atoms with Crippen LogP contribution in [0.25, 0.3) is 28.4 Å². The lowest BCUT2D eigenvalue weighted by molar-refractivity contribution is 0.602. The molecule has 3 aromatic carbocycles. The first-order valence-corrected chi connectivity index (χ1v) is 12.5. The first kappa shape index (κ1) is 20.4. The molecule has 32 heavy (non-hydrogen) atoms. The van der Waals surface area contributed by atoms with Gasteiger partial charge < -0.3 is 0 Å². The molecule has 2 heterocycles. The predicted octanol–water partition coefficient (Wildman–Crippen LogP) is 5.04. The average Bonchev–Trinajstić information content (AvgIpc) is 3.19. The number of nitrogens with zero attached hydrogens (tertiary/aromatic N) is 4. The van der Waals surface area contributed by atoms with Crippen molar-refractivity contribution in [1.29, 1.82) is 0 Å². The van der Waals surface area contributed by atoms with Crippen LogP contribution in [0.2, 0.25) is 0 Å². The highest BCUT2D eigenvalue weighted by Crippen LogP contribution is 2.31. The minimum Gasteiger partial charge on any atom is -0.275 e. The number of benzene rings is 3. The van der Waals surface area contributed by atoms with Gasteiger partial charge in [0, 0.05) is 39.7 Å². The molecule has 5 aromatic rings. The van der Waals surface area contributed by atoms with Crippen molar-refractivity contribution < 1.29 is 8.42 Å². The second-order valence-corrected chi connectivity index (χ2v) is 10.3. The van der Waals surface area contributed by atoms with E-state index in [1.165, 1.54) is 11.2 Å². The molecule has 0 radical (unpaired) electrons. The molecular weight excluding hydrogens is 440 g/mol. The van der Waals surface area contributed by atoms with E-state index in [1.54, 1.807) is 48.4 Å².